The second-order valence-corrected chi connectivity index (χ2v) is 7.09. The molecule has 0 heterocycles. The number of nitrogens with one attached hydrogen (secondary N) is 1. The molecule has 0 radical (unpaired) electrons. The predicted molar refractivity (Wildman–Crippen MR) is 109 cm³/mol. The van der Waals surface area contributed by atoms with Gasteiger partial charge >= 0.3 is 0 Å². The van der Waals surface area contributed by atoms with Crippen molar-refractivity contribution in [3.63, 3.8) is 0 Å². The number of hydrogen-bond acceptors (Lipinski definition) is 4. The molecule has 26 heavy (non-hydrogen) atoms. The third-order valence-corrected chi connectivity index (χ3v) is 3.96. The van der Waals surface area contributed by atoms with Gasteiger partial charge in [-0.1, -0.05) is 0 Å². The molecule has 1 atom stereocenters. The van der Waals surface area contributed by atoms with Gasteiger partial charge in [-0.05, 0) is 68.2 Å². The highest BCUT2D eigenvalue weighted by molar-refractivity contribution is 8.01. The van der Waals surface area contributed by atoms with E-state index in [1.807, 2.05) is 44.5 Å². The van der Waals surface area contributed by atoms with Crippen molar-refractivity contribution < 1.29 is 13.6 Å². The van der Waals surface area contributed by atoms with Crippen LogP contribution in [0.2, 0.25) is 0 Å². The fourth-order valence-electron chi connectivity index (χ4n) is 2.18. The molecule has 0 spiro atoms. The third kappa shape index (κ3) is 9.61. The lowest BCUT2D eigenvalue weighted by Crippen LogP contribution is -2.33. The summed E-state index contributed by atoms with van der Waals surface area (Å²) in [4.78, 5) is 12.3. The van der Waals surface area contributed by atoms with Gasteiger partial charge in [0.05, 0.1) is 5.82 Å². The van der Waals surface area contributed by atoms with E-state index >= 15 is 0 Å². The first kappa shape index (κ1) is 24.2. The summed E-state index contributed by atoms with van der Waals surface area (Å²) in [6, 6.07) is 3.72. The zero-order valence-electron chi connectivity index (χ0n) is 16.7. The number of halogens is 2. The van der Waals surface area contributed by atoms with Crippen molar-refractivity contribution in [2.45, 2.75) is 40.2 Å². The standard InChI is InChI=1S/C10H10F2S.C10H20N2O/c1-7(6-13-2)8-3-9(11)5-10(12)4-8;1-8(2)10(12(4)5)11-9(3)6-7-13/h3-6H,1-2H3;7,9,11H,6H2,1-5H3/b7-6+;. The number of aldehydes is 1. The first-order chi connectivity index (χ1) is 12.1. The number of rotatable bonds is 7. The molecule has 1 aromatic carbocycles. The molecule has 0 saturated carbocycles. The lowest BCUT2D eigenvalue weighted by atomic mass is 10.1. The minimum Gasteiger partial charge on any atom is -0.369 e. The second kappa shape index (κ2) is 12.5. The van der Waals surface area contributed by atoms with E-state index in [4.69, 9.17) is 0 Å². The van der Waals surface area contributed by atoms with Gasteiger partial charge in [0.25, 0.3) is 0 Å². The third-order valence-electron chi connectivity index (χ3n) is 3.37. The summed E-state index contributed by atoms with van der Waals surface area (Å²) in [5, 5.41) is 5.15. The molecule has 1 N–H and O–H groups in total. The van der Waals surface area contributed by atoms with Gasteiger partial charge in [0, 0.05) is 32.6 Å². The fraction of sp³-hybridized carbons (Fsp3) is 0.450. The Hall–Kier alpha value is -1.82. The van der Waals surface area contributed by atoms with Gasteiger partial charge in [0.1, 0.15) is 17.9 Å². The number of allylic oxidation sites excluding steroid dienone is 2. The highest BCUT2D eigenvalue weighted by Gasteiger charge is 2.06. The zero-order valence-corrected chi connectivity index (χ0v) is 17.5. The topological polar surface area (TPSA) is 32.3 Å². The average molecular weight is 385 g/mol. The smallest absolute Gasteiger partial charge is 0.126 e. The molecule has 1 aromatic rings. The quantitative estimate of drug-likeness (QED) is 0.667. The van der Waals surface area contributed by atoms with Crippen LogP contribution in [0.1, 0.15) is 39.7 Å². The van der Waals surface area contributed by atoms with Crippen molar-refractivity contribution in [2.75, 3.05) is 20.4 Å². The molecule has 0 aliphatic rings. The number of carbonyl (C=O) groups is 1. The van der Waals surface area contributed by atoms with E-state index < -0.39 is 11.6 Å². The molecule has 0 saturated heterocycles. The van der Waals surface area contributed by atoms with Gasteiger partial charge in [-0.25, -0.2) is 8.78 Å². The molecule has 1 rings (SSSR count). The van der Waals surface area contributed by atoms with E-state index in [1.54, 1.807) is 0 Å². The number of thioether (sulfide) groups is 1. The fourth-order valence-corrected chi connectivity index (χ4v) is 2.67. The molecule has 1 unspecified atom stereocenters. The Bertz CT molecular complexity index is 618. The van der Waals surface area contributed by atoms with E-state index in [9.17, 15) is 13.6 Å². The largest absolute Gasteiger partial charge is 0.369 e. The SMILES string of the molecule is CC(C)=C(NC(C)CC=O)N(C)C.CS/C=C(\C)c1cc(F)cc(F)c1. The molecule has 0 bridgehead atoms. The molecule has 3 nitrogen and oxygen atoms in total. The van der Waals surface area contributed by atoms with E-state index in [0.717, 1.165) is 23.7 Å². The number of hydrogen-bond donors (Lipinski definition) is 1. The monoisotopic (exact) mass is 384 g/mol. The van der Waals surface area contributed by atoms with Crippen molar-refractivity contribution in [3.8, 4) is 0 Å². The molecule has 6 heteroatoms. The Morgan fingerprint density at radius 3 is 2.12 bits per heavy atom. The molecule has 146 valence electrons. The first-order valence-electron chi connectivity index (χ1n) is 8.33. The number of benzene rings is 1. The van der Waals surface area contributed by atoms with Gasteiger partial charge in [0.2, 0.25) is 0 Å². The van der Waals surface area contributed by atoms with Gasteiger partial charge < -0.3 is 15.0 Å². The molecular weight excluding hydrogens is 354 g/mol. The molecular formula is C20H30F2N2OS. The Balaban J connectivity index is 0.000000481. The Morgan fingerprint density at radius 1 is 1.19 bits per heavy atom. The molecule has 0 fully saturated rings. The summed E-state index contributed by atoms with van der Waals surface area (Å²) >= 11 is 1.51. The maximum atomic E-state index is 12.8. The average Bonchev–Trinajstić information content (AvgIpc) is 2.52. The molecule has 0 amide bonds. The van der Waals surface area contributed by atoms with E-state index in [-0.39, 0.29) is 6.04 Å². The highest BCUT2D eigenvalue weighted by Crippen LogP contribution is 2.19. The van der Waals surface area contributed by atoms with Crippen LogP contribution >= 0.6 is 11.8 Å². The van der Waals surface area contributed by atoms with Gasteiger partial charge in [0.15, 0.2) is 0 Å². The summed E-state index contributed by atoms with van der Waals surface area (Å²) in [5.74, 6) is 0.0158. The number of carbonyl (C=O) groups excluding carboxylic acids is 1. The Labute approximate surface area is 160 Å². The van der Waals surface area contributed by atoms with Crippen LogP contribution in [0.25, 0.3) is 5.57 Å². The van der Waals surface area contributed by atoms with Gasteiger partial charge in [-0.3, -0.25) is 0 Å². The van der Waals surface area contributed by atoms with Crippen LogP contribution in [0.3, 0.4) is 0 Å². The van der Waals surface area contributed by atoms with Gasteiger partial charge in [-0.15, -0.1) is 11.8 Å². The lowest BCUT2D eigenvalue weighted by Gasteiger charge is -2.24. The van der Waals surface area contributed by atoms with Crippen molar-refractivity contribution >= 4 is 23.6 Å². The molecule has 0 aliphatic carbocycles. The van der Waals surface area contributed by atoms with Crippen molar-refractivity contribution in [3.05, 3.63) is 52.2 Å². The normalized spacial score (nSPS) is 11.8. The van der Waals surface area contributed by atoms with Crippen molar-refractivity contribution in [2.24, 2.45) is 0 Å². The summed E-state index contributed by atoms with van der Waals surface area (Å²) in [6.45, 7) is 7.93. The second-order valence-electron chi connectivity index (χ2n) is 6.39. The van der Waals surface area contributed by atoms with Crippen molar-refractivity contribution in [1.82, 2.24) is 10.2 Å². The van der Waals surface area contributed by atoms with E-state index in [2.05, 4.69) is 19.2 Å². The van der Waals surface area contributed by atoms with Crippen LogP contribution in [0.5, 0.6) is 0 Å². The molecule has 0 aliphatic heterocycles. The maximum absolute atomic E-state index is 12.8. The van der Waals surface area contributed by atoms with Crippen LogP contribution < -0.4 is 5.32 Å². The zero-order chi connectivity index (χ0) is 20.3. The number of nitrogens with zero attached hydrogens (tertiary/aromatic N) is 1. The van der Waals surface area contributed by atoms with Crippen LogP contribution in [0.15, 0.2) is 35.0 Å². The van der Waals surface area contributed by atoms with Crippen LogP contribution in [-0.4, -0.2) is 37.6 Å². The lowest BCUT2D eigenvalue weighted by molar-refractivity contribution is -0.108. The summed E-state index contributed by atoms with van der Waals surface area (Å²) in [5.41, 5.74) is 2.68. The summed E-state index contributed by atoms with van der Waals surface area (Å²) in [7, 11) is 3.98. The van der Waals surface area contributed by atoms with E-state index in [1.165, 1.54) is 29.5 Å². The van der Waals surface area contributed by atoms with Crippen molar-refractivity contribution in [1.29, 1.82) is 0 Å². The van der Waals surface area contributed by atoms with Crippen LogP contribution in [0.4, 0.5) is 8.78 Å². The Morgan fingerprint density at radius 2 is 1.73 bits per heavy atom. The van der Waals surface area contributed by atoms with E-state index in [0.29, 0.717) is 12.0 Å². The van der Waals surface area contributed by atoms with Gasteiger partial charge in [-0.2, -0.15) is 0 Å². The van der Waals surface area contributed by atoms with Crippen LogP contribution in [-0.2, 0) is 4.79 Å². The highest BCUT2D eigenvalue weighted by atomic mass is 32.2. The maximum Gasteiger partial charge on any atom is 0.126 e. The summed E-state index contributed by atoms with van der Waals surface area (Å²) in [6.07, 6.45) is 3.39. The van der Waals surface area contributed by atoms with Crippen LogP contribution in [0, 0.1) is 11.6 Å². The first-order valence-corrected chi connectivity index (χ1v) is 9.62. The predicted octanol–water partition coefficient (Wildman–Crippen LogP) is 5.06. The Kier molecular flexibility index (Phi) is 11.6. The minimum atomic E-state index is -0.538. The molecule has 0 aromatic heterocycles. The minimum absolute atomic E-state index is 0.199. The summed E-state index contributed by atoms with van der Waals surface area (Å²) < 4.78 is 25.5.